The number of alkyl carbamates (subject to hydrolysis) is 1. The maximum absolute atomic E-state index is 11.5. The van der Waals surface area contributed by atoms with Crippen molar-refractivity contribution in [2.75, 3.05) is 18.4 Å². The smallest absolute Gasteiger partial charge is 0.407 e. The van der Waals surface area contributed by atoms with Crippen LogP contribution in [0, 0.1) is 0 Å². The minimum atomic E-state index is -0.509. The highest BCUT2D eigenvalue weighted by Crippen LogP contribution is 2.37. The summed E-state index contributed by atoms with van der Waals surface area (Å²) in [6, 6.07) is 1.42. The molecular weight excluding hydrogens is 272 g/mol. The van der Waals surface area contributed by atoms with Crippen LogP contribution in [0.5, 0.6) is 0 Å². The van der Waals surface area contributed by atoms with E-state index in [0.29, 0.717) is 24.8 Å². The van der Waals surface area contributed by atoms with E-state index in [0.717, 1.165) is 18.7 Å². The highest BCUT2D eigenvalue weighted by molar-refractivity contribution is 5.67. The normalized spacial score (nSPS) is 14.6. The van der Waals surface area contributed by atoms with Crippen molar-refractivity contribution in [3.8, 4) is 0 Å². The van der Waals surface area contributed by atoms with Crippen LogP contribution in [0.1, 0.15) is 45.4 Å². The van der Waals surface area contributed by atoms with Crippen LogP contribution in [0.4, 0.5) is 10.6 Å². The number of anilines is 1. The van der Waals surface area contributed by atoms with Gasteiger partial charge in [0.1, 0.15) is 17.2 Å². The van der Waals surface area contributed by atoms with Gasteiger partial charge in [-0.15, -0.1) is 0 Å². The molecule has 1 aliphatic carbocycles. The molecule has 0 radical (unpaired) electrons. The fourth-order valence-corrected chi connectivity index (χ4v) is 1.79. The van der Waals surface area contributed by atoms with Gasteiger partial charge in [-0.25, -0.2) is 9.78 Å². The molecule has 0 aromatic carbocycles. The minimum absolute atomic E-state index is 0.158. The maximum Gasteiger partial charge on any atom is 0.407 e. The number of ether oxygens (including phenoxy) is 1. The number of aromatic nitrogens is 2. The summed E-state index contributed by atoms with van der Waals surface area (Å²) < 4.78 is 5.12. The third-order valence-corrected chi connectivity index (χ3v) is 2.82. The molecule has 0 bridgehead atoms. The molecule has 21 heavy (non-hydrogen) atoms. The Balaban J connectivity index is 1.76. The quantitative estimate of drug-likeness (QED) is 0.717. The van der Waals surface area contributed by atoms with Crippen molar-refractivity contribution in [3.05, 3.63) is 22.2 Å². The molecule has 1 aliphatic rings. The summed E-state index contributed by atoms with van der Waals surface area (Å²) in [5.74, 6) is 1.66. The van der Waals surface area contributed by atoms with E-state index >= 15 is 0 Å². The van der Waals surface area contributed by atoms with E-state index in [1.165, 1.54) is 6.07 Å². The number of aromatic amines is 1. The lowest BCUT2D eigenvalue weighted by Crippen LogP contribution is -2.35. The Morgan fingerprint density at radius 2 is 2.14 bits per heavy atom. The number of H-pyrrole nitrogens is 1. The van der Waals surface area contributed by atoms with Crippen LogP contribution >= 0.6 is 0 Å². The van der Waals surface area contributed by atoms with E-state index in [1.54, 1.807) is 0 Å². The summed E-state index contributed by atoms with van der Waals surface area (Å²) in [6.45, 7) is 6.29. The Kier molecular flexibility index (Phi) is 4.50. The Morgan fingerprint density at radius 3 is 2.76 bits per heavy atom. The zero-order chi connectivity index (χ0) is 15.5. The van der Waals surface area contributed by atoms with E-state index in [1.807, 2.05) is 20.8 Å². The lowest BCUT2D eigenvalue weighted by molar-refractivity contribution is 0.0530. The molecule has 1 aromatic rings. The SMILES string of the molecule is CC(C)(C)OC(=O)NCCNc1cc(=O)[nH]c(C2CC2)n1. The van der Waals surface area contributed by atoms with Crippen molar-refractivity contribution in [3.63, 3.8) is 0 Å². The molecule has 1 amide bonds. The largest absolute Gasteiger partial charge is 0.444 e. The van der Waals surface area contributed by atoms with E-state index < -0.39 is 11.7 Å². The van der Waals surface area contributed by atoms with Crippen molar-refractivity contribution in [1.29, 1.82) is 0 Å². The van der Waals surface area contributed by atoms with Crippen LogP contribution in [0.2, 0.25) is 0 Å². The first-order valence-electron chi connectivity index (χ1n) is 7.15. The average molecular weight is 294 g/mol. The zero-order valence-electron chi connectivity index (χ0n) is 12.7. The van der Waals surface area contributed by atoms with Gasteiger partial charge in [-0.1, -0.05) is 0 Å². The van der Waals surface area contributed by atoms with E-state index in [-0.39, 0.29) is 5.56 Å². The van der Waals surface area contributed by atoms with Gasteiger partial charge in [0, 0.05) is 25.1 Å². The third kappa shape index (κ3) is 5.45. The number of carbonyl (C=O) groups is 1. The second-order valence-corrected chi connectivity index (χ2v) is 6.15. The topological polar surface area (TPSA) is 96.1 Å². The number of hydrogen-bond acceptors (Lipinski definition) is 5. The molecule has 0 unspecified atom stereocenters. The molecule has 7 heteroatoms. The van der Waals surface area contributed by atoms with Crippen molar-refractivity contribution in [1.82, 2.24) is 15.3 Å². The van der Waals surface area contributed by atoms with Crippen LogP contribution in [-0.4, -0.2) is 34.8 Å². The molecule has 0 atom stereocenters. The third-order valence-electron chi connectivity index (χ3n) is 2.82. The first-order valence-corrected chi connectivity index (χ1v) is 7.15. The molecule has 2 rings (SSSR count). The van der Waals surface area contributed by atoms with Crippen LogP contribution in [0.25, 0.3) is 0 Å². The molecule has 7 nitrogen and oxygen atoms in total. The number of hydrogen-bond donors (Lipinski definition) is 3. The van der Waals surface area contributed by atoms with E-state index in [4.69, 9.17) is 4.74 Å². The lowest BCUT2D eigenvalue weighted by atomic mass is 10.2. The Bertz CT molecular complexity index is 558. The highest BCUT2D eigenvalue weighted by Gasteiger charge is 2.26. The van der Waals surface area contributed by atoms with Gasteiger partial charge in [-0.2, -0.15) is 0 Å². The lowest BCUT2D eigenvalue weighted by Gasteiger charge is -2.19. The first kappa shape index (κ1) is 15.3. The number of nitrogens with one attached hydrogen (secondary N) is 3. The van der Waals surface area contributed by atoms with Crippen LogP contribution in [0.3, 0.4) is 0 Å². The molecule has 3 N–H and O–H groups in total. The molecule has 0 saturated heterocycles. The first-order chi connectivity index (χ1) is 9.83. The second-order valence-electron chi connectivity index (χ2n) is 6.15. The van der Waals surface area contributed by atoms with Crippen LogP contribution < -0.4 is 16.2 Å². The molecule has 1 fully saturated rings. The molecule has 1 heterocycles. The van der Waals surface area contributed by atoms with Crippen molar-refractivity contribution in [2.45, 2.75) is 45.1 Å². The van der Waals surface area contributed by atoms with E-state index in [9.17, 15) is 9.59 Å². The van der Waals surface area contributed by atoms with Gasteiger partial charge in [0.15, 0.2) is 0 Å². The molecule has 1 aromatic heterocycles. The van der Waals surface area contributed by atoms with Crippen LogP contribution in [0.15, 0.2) is 10.9 Å². The molecular formula is C14H22N4O3. The van der Waals surface area contributed by atoms with Gasteiger partial charge in [0.2, 0.25) is 0 Å². The van der Waals surface area contributed by atoms with Crippen molar-refractivity contribution in [2.24, 2.45) is 0 Å². The van der Waals surface area contributed by atoms with Crippen molar-refractivity contribution < 1.29 is 9.53 Å². The molecule has 116 valence electrons. The summed E-state index contributed by atoms with van der Waals surface area (Å²) in [6.07, 6.45) is 1.70. The van der Waals surface area contributed by atoms with Gasteiger partial charge in [0.25, 0.3) is 5.56 Å². The molecule has 1 saturated carbocycles. The zero-order valence-corrected chi connectivity index (χ0v) is 12.7. The summed E-state index contributed by atoms with van der Waals surface area (Å²) in [4.78, 5) is 30.1. The Morgan fingerprint density at radius 1 is 1.43 bits per heavy atom. The standard InChI is InChI=1S/C14H22N4O3/c1-14(2,3)21-13(20)16-7-6-15-10-8-11(19)18-12(17-10)9-4-5-9/h8-9H,4-7H2,1-3H3,(H,16,20)(H2,15,17,18,19). The number of amides is 1. The monoisotopic (exact) mass is 294 g/mol. The van der Waals surface area contributed by atoms with Gasteiger partial charge >= 0.3 is 6.09 Å². The Labute approximate surface area is 123 Å². The van der Waals surface area contributed by atoms with Crippen LogP contribution in [-0.2, 0) is 4.74 Å². The van der Waals surface area contributed by atoms with Gasteiger partial charge in [-0.3, -0.25) is 4.79 Å². The molecule has 0 spiro atoms. The van der Waals surface area contributed by atoms with Gasteiger partial charge < -0.3 is 20.4 Å². The number of nitrogens with zero attached hydrogens (tertiary/aromatic N) is 1. The van der Waals surface area contributed by atoms with Crippen molar-refractivity contribution >= 4 is 11.9 Å². The number of carbonyl (C=O) groups excluding carboxylic acids is 1. The molecule has 0 aliphatic heterocycles. The maximum atomic E-state index is 11.5. The highest BCUT2D eigenvalue weighted by atomic mass is 16.6. The minimum Gasteiger partial charge on any atom is -0.444 e. The predicted octanol–water partition coefficient (Wildman–Crippen LogP) is 1.58. The van der Waals surface area contributed by atoms with Gasteiger partial charge in [-0.05, 0) is 33.6 Å². The fraction of sp³-hybridized carbons (Fsp3) is 0.643. The summed E-state index contributed by atoms with van der Waals surface area (Å²) >= 11 is 0. The summed E-state index contributed by atoms with van der Waals surface area (Å²) in [7, 11) is 0. The average Bonchev–Trinajstić information content (AvgIpc) is 3.16. The fourth-order valence-electron chi connectivity index (χ4n) is 1.79. The second kappa shape index (κ2) is 6.15. The Hall–Kier alpha value is -2.05. The van der Waals surface area contributed by atoms with E-state index in [2.05, 4.69) is 20.6 Å². The summed E-state index contributed by atoms with van der Waals surface area (Å²) in [5.41, 5.74) is -0.667. The van der Waals surface area contributed by atoms with Gasteiger partial charge in [0.05, 0.1) is 0 Å². The number of rotatable bonds is 5. The summed E-state index contributed by atoms with van der Waals surface area (Å²) in [5, 5.41) is 5.66. The predicted molar refractivity (Wildman–Crippen MR) is 79.6 cm³/mol.